The smallest absolute Gasteiger partial charge is 0.412 e. The van der Waals surface area contributed by atoms with Gasteiger partial charge in [0.2, 0.25) is 0 Å². The zero-order valence-corrected chi connectivity index (χ0v) is 10.6. The van der Waals surface area contributed by atoms with Gasteiger partial charge in [-0.25, -0.2) is 4.79 Å². The van der Waals surface area contributed by atoms with Crippen LogP contribution in [0, 0.1) is 0 Å². The number of carbonyl (C=O) groups excluding carboxylic acids is 1. The highest BCUT2D eigenvalue weighted by Crippen LogP contribution is 2.21. The van der Waals surface area contributed by atoms with Crippen LogP contribution >= 0.6 is 0 Å². The Kier molecular flexibility index (Phi) is 2.86. The van der Waals surface area contributed by atoms with Crippen LogP contribution in [0.3, 0.4) is 0 Å². The Bertz CT molecular complexity index is 583. The van der Waals surface area contributed by atoms with Crippen LogP contribution in [0.1, 0.15) is 20.8 Å². The van der Waals surface area contributed by atoms with Crippen molar-refractivity contribution in [2.75, 3.05) is 11.1 Å². The Morgan fingerprint density at radius 1 is 1.44 bits per heavy atom. The van der Waals surface area contributed by atoms with E-state index in [-0.39, 0.29) is 0 Å². The molecule has 0 unspecified atom stereocenters. The Morgan fingerprint density at radius 3 is 2.83 bits per heavy atom. The minimum absolute atomic E-state index is 0.439. The van der Waals surface area contributed by atoms with Gasteiger partial charge in [-0.3, -0.25) is 10.4 Å². The predicted molar refractivity (Wildman–Crippen MR) is 70.4 cm³/mol. The molecule has 96 valence electrons. The summed E-state index contributed by atoms with van der Waals surface area (Å²) in [4.78, 5) is 11.6. The highest BCUT2D eigenvalue weighted by atomic mass is 16.6. The van der Waals surface area contributed by atoms with Crippen LogP contribution < -0.4 is 11.1 Å². The standard InChI is InChI=1S/C12H16N4O2/c1-12(2,3)18-11(17)14-7-4-5-8-9(6-7)15-16-10(8)13/h4-6H,1-3H3,(H,14,17)(H3,13,15,16). The number of nitrogens with one attached hydrogen (secondary N) is 2. The molecule has 0 fully saturated rings. The van der Waals surface area contributed by atoms with Crippen molar-refractivity contribution in [2.45, 2.75) is 26.4 Å². The number of nitrogens with two attached hydrogens (primary N) is 1. The fourth-order valence-electron chi connectivity index (χ4n) is 1.54. The molecular weight excluding hydrogens is 232 g/mol. The number of amides is 1. The van der Waals surface area contributed by atoms with Crippen LogP contribution in [0.25, 0.3) is 10.9 Å². The number of benzene rings is 1. The monoisotopic (exact) mass is 248 g/mol. The molecule has 4 N–H and O–H groups in total. The van der Waals surface area contributed by atoms with E-state index in [1.807, 2.05) is 20.8 Å². The normalized spacial score (nSPS) is 11.5. The van der Waals surface area contributed by atoms with Gasteiger partial charge in [-0.05, 0) is 39.0 Å². The van der Waals surface area contributed by atoms with E-state index < -0.39 is 11.7 Å². The van der Waals surface area contributed by atoms with Gasteiger partial charge in [-0.1, -0.05) is 0 Å². The van der Waals surface area contributed by atoms with Gasteiger partial charge >= 0.3 is 6.09 Å². The molecule has 0 spiro atoms. The van der Waals surface area contributed by atoms with Crippen molar-refractivity contribution < 1.29 is 9.53 Å². The molecule has 18 heavy (non-hydrogen) atoms. The fraction of sp³-hybridized carbons (Fsp3) is 0.333. The van der Waals surface area contributed by atoms with E-state index in [9.17, 15) is 4.79 Å². The summed E-state index contributed by atoms with van der Waals surface area (Å²) in [6, 6.07) is 5.29. The summed E-state index contributed by atoms with van der Waals surface area (Å²) in [5.41, 5.74) is 6.53. The molecule has 2 aromatic rings. The van der Waals surface area contributed by atoms with Crippen LogP contribution in [0.2, 0.25) is 0 Å². The largest absolute Gasteiger partial charge is 0.444 e. The molecule has 2 rings (SSSR count). The highest BCUT2D eigenvalue weighted by molar-refractivity contribution is 5.93. The van der Waals surface area contributed by atoms with Gasteiger partial charge < -0.3 is 10.5 Å². The lowest BCUT2D eigenvalue weighted by molar-refractivity contribution is 0.0636. The van der Waals surface area contributed by atoms with Gasteiger partial charge in [-0.15, -0.1) is 0 Å². The first-order valence-corrected chi connectivity index (χ1v) is 5.59. The maximum atomic E-state index is 11.6. The van der Waals surface area contributed by atoms with Crippen molar-refractivity contribution in [2.24, 2.45) is 0 Å². The molecule has 6 nitrogen and oxygen atoms in total. The van der Waals surface area contributed by atoms with Crippen molar-refractivity contribution in [3.63, 3.8) is 0 Å². The van der Waals surface area contributed by atoms with Crippen molar-refractivity contribution in [3.05, 3.63) is 18.2 Å². The first kappa shape index (κ1) is 12.2. The van der Waals surface area contributed by atoms with Crippen LogP contribution in [0.5, 0.6) is 0 Å². The molecule has 1 heterocycles. The lowest BCUT2D eigenvalue weighted by atomic mass is 10.2. The Balaban J connectivity index is 2.15. The third-order valence-corrected chi connectivity index (χ3v) is 2.24. The van der Waals surface area contributed by atoms with E-state index in [2.05, 4.69) is 15.5 Å². The van der Waals surface area contributed by atoms with Crippen LogP contribution in [0.4, 0.5) is 16.3 Å². The fourth-order valence-corrected chi connectivity index (χ4v) is 1.54. The molecule has 0 saturated carbocycles. The number of nitrogens with zero attached hydrogens (tertiary/aromatic N) is 1. The topological polar surface area (TPSA) is 93.0 Å². The summed E-state index contributed by atoms with van der Waals surface area (Å²) in [6.45, 7) is 5.43. The minimum atomic E-state index is -0.521. The van der Waals surface area contributed by atoms with E-state index in [4.69, 9.17) is 10.5 Å². The number of aromatic nitrogens is 2. The number of fused-ring (bicyclic) bond motifs is 1. The third-order valence-electron chi connectivity index (χ3n) is 2.24. The number of H-pyrrole nitrogens is 1. The Labute approximate surface area is 104 Å². The van der Waals surface area contributed by atoms with Gasteiger partial charge in [0.1, 0.15) is 5.60 Å². The van der Waals surface area contributed by atoms with Gasteiger partial charge in [0.05, 0.1) is 5.52 Å². The number of carbonyl (C=O) groups is 1. The van der Waals surface area contributed by atoms with Crippen LogP contribution in [-0.2, 0) is 4.74 Å². The van der Waals surface area contributed by atoms with Gasteiger partial charge in [0, 0.05) is 11.1 Å². The van der Waals surface area contributed by atoms with E-state index in [1.165, 1.54) is 0 Å². The molecule has 0 aliphatic carbocycles. The quantitative estimate of drug-likeness (QED) is 0.722. The molecule has 1 aromatic carbocycles. The van der Waals surface area contributed by atoms with Gasteiger partial charge in [-0.2, -0.15) is 5.10 Å². The van der Waals surface area contributed by atoms with Gasteiger partial charge in [0.25, 0.3) is 0 Å². The number of hydrogen-bond acceptors (Lipinski definition) is 4. The van der Waals surface area contributed by atoms with Crippen LogP contribution in [-0.4, -0.2) is 21.9 Å². The summed E-state index contributed by atoms with van der Waals surface area (Å²) in [5, 5.41) is 10.1. The van der Waals surface area contributed by atoms with Gasteiger partial charge in [0.15, 0.2) is 5.82 Å². The van der Waals surface area contributed by atoms with E-state index >= 15 is 0 Å². The molecule has 0 radical (unpaired) electrons. The van der Waals surface area contributed by atoms with Crippen molar-refractivity contribution in [1.82, 2.24) is 10.2 Å². The molecule has 1 amide bonds. The summed E-state index contributed by atoms with van der Waals surface area (Å²) >= 11 is 0. The summed E-state index contributed by atoms with van der Waals surface area (Å²) in [7, 11) is 0. The van der Waals surface area contributed by atoms with Crippen LogP contribution in [0.15, 0.2) is 18.2 Å². The minimum Gasteiger partial charge on any atom is -0.444 e. The van der Waals surface area contributed by atoms with E-state index in [0.29, 0.717) is 11.5 Å². The zero-order chi connectivity index (χ0) is 13.3. The number of anilines is 2. The SMILES string of the molecule is CC(C)(C)OC(=O)Nc1ccc2c(N)n[nH]c2c1. The zero-order valence-electron chi connectivity index (χ0n) is 10.6. The van der Waals surface area contributed by atoms with Crippen molar-refractivity contribution >= 4 is 28.5 Å². The molecule has 0 bridgehead atoms. The van der Waals surface area contributed by atoms with Crippen molar-refractivity contribution in [3.8, 4) is 0 Å². The van der Waals surface area contributed by atoms with E-state index in [1.54, 1.807) is 18.2 Å². The first-order valence-electron chi connectivity index (χ1n) is 5.59. The predicted octanol–water partition coefficient (Wildman–Crippen LogP) is 2.49. The third kappa shape index (κ3) is 2.71. The lowest BCUT2D eigenvalue weighted by Crippen LogP contribution is -2.27. The average Bonchev–Trinajstić information content (AvgIpc) is 2.57. The maximum Gasteiger partial charge on any atom is 0.412 e. The molecule has 6 heteroatoms. The number of nitrogen functional groups attached to an aromatic ring is 1. The number of hydrogen-bond donors (Lipinski definition) is 3. The summed E-state index contributed by atoms with van der Waals surface area (Å²) in [6.07, 6.45) is -0.491. The molecule has 1 aromatic heterocycles. The Morgan fingerprint density at radius 2 is 2.17 bits per heavy atom. The molecule has 0 atom stereocenters. The second-order valence-electron chi connectivity index (χ2n) is 5.00. The number of rotatable bonds is 1. The maximum absolute atomic E-state index is 11.6. The average molecular weight is 248 g/mol. The second kappa shape index (κ2) is 4.21. The molecule has 0 saturated heterocycles. The van der Waals surface area contributed by atoms with Crippen molar-refractivity contribution in [1.29, 1.82) is 0 Å². The summed E-state index contributed by atoms with van der Waals surface area (Å²) in [5.74, 6) is 0.439. The highest BCUT2D eigenvalue weighted by Gasteiger charge is 2.16. The number of ether oxygens (including phenoxy) is 1. The lowest BCUT2D eigenvalue weighted by Gasteiger charge is -2.19. The van der Waals surface area contributed by atoms with E-state index in [0.717, 1.165) is 10.9 Å². The molecule has 0 aliphatic rings. The first-order chi connectivity index (χ1) is 8.35. The molecular formula is C12H16N4O2. The summed E-state index contributed by atoms with van der Waals surface area (Å²) < 4.78 is 5.16. The second-order valence-corrected chi connectivity index (χ2v) is 5.00. The molecule has 0 aliphatic heterocycles. The number of aromatic amines is 1. The Hall–Kier alpha value is -2.24.